The minimum absolute atomic E-state index is 0.0196. The first-order chi connectivity index (χ1) is 10.5. The van der Waals surface area contributed by atoms with E-state index in [4.69, 9.17) is 32.7 Å². The van der Waals surface area contributed by atoms with E-state index in [9.17, 15) is 9.18 Å². The van der Waals surface area contributed by atoms with Crippen LogP contribution >= 0.6 is 23.2 Å². The van der Waals surface area contributed by atoms with E-state index in [1.807, 2.05) is 0 Å². The summed E-state index contributed by atoms with van der Waals surface area (Å²) < 4.78 is 23.9. The van der Waals surface area contributed by atoms with Crippen molar-refractivity contribution in [3.8, 4) is 11.5 Å². The third kappa shape index (κ3) is 2.96. The van der Waals surface area contributed by atoms with Gasteiger partial charge in [-0.1, -0.05) is 23.2 Å². The van der Waals surface area contributed by atoms with Gasteiger partial charge in [-0.2, -0.15) is 0 Å². The Labute approximate surface area is 135 Å². The number of benzene rings is 2. The molecule has 3 rings (SSSR count). The van der Waals surface area contributed by atoms with Crippen molar-refractivity contribution in [1.29, 1.82) is 0 Å². The van der Waals surface area contributed by atoms with Crippen molar-refractivity contribution in [2.75, 3.05) is 18.5 Å². The molecule has 0 spiro atoms. The van der Waals surface area contributed by atoms with Crippen molar-refractivity contribution in [2.45, 2.75) is 0 Å². The number of carbonyl (C=O) groups is 1. The number of rotatable bonds is 2. The SMILES string of the molecule is O=C(Nc1cc2c(cc1Cl)OCCO2)c1ccc(F)cc1Cl. The normalized spacial score (nSPS) is 12.9. The van der Waals surface area contributed by atoms with Gasteiger partial charge >= 0.3 is 0 Å². The molecule has 1 heterocycles. The number of fused-ring (bicyclic) bond motifs is 1. The molecule has 0 bridgehead atoms. The lowest BCUT2D eigenvalue weighted by molar-refractivity contribution is 0.102. The molecule has 4 nitrogen and oxygen atoms in total. The molecular formula is C15H10Cl2FNO3. The molecule has 1 amide bonds. The second-order valence-electron chi connectivity index (χ2n) is 4.55. The number of nitrogens with one attached hydrogen (secondary N) is 1. The molecule has 1 N–H and O–H groups in total. The standard InChI is InChI=1S/C15H10Cl2FNO3/c16-10-5-8(18)1-2-9(10)15(20)19-12-7-14-13(6-11(12)17)21-3-4-22-14/h1-2,5-7H,3-4H2,(H,19,20). The summed E-state index contributed by atoms with van der Waals surface area (Å²) in [6.45, 7) is 0.867. The molecule has 2 aromatic carbocycles. The largest absolute Gasteiger partial charge is 0.486 e. The summed E-state index contributed by atoms with van der Waals surface area (Å²) in [6.07, 6.45) is 0. The van der Waals surface area contributed by atoms with Crippen LogP contribution in [0.15, 0.2) is 30.3 Å². The van der Waals surface area contributed by atoms with E-state index < -0.39 is 11.7 Å². The molecule has 0 fully saturated rings. The summed E-state index contributed by atoms with van der Waals surface area (Å²) in [4.78, 5) is 12.2. The molecule has 7 heteroatoms. The highest BCUT2D eigenvalue weighted by atomic mass is 35.5. The van der Waals surface area contributed by atoms with Crippen molar-refractivity contribution in [1.82, 2.24) is 0 Å². The van der Waals surface area contributed by atoms with Crippen LogP contribution in [0.3, 0.4) is 0 Å². The van der Waals surface area contributed by atoms with E-state index in [2.05, 4.69) is 5.32 Å². The zero-order valence-corrected chi connectivity index (χ0v) is 12.7. The molecule has 1 aliphatic heterocycles. The zero-order valence-electron chi connectivity index (χ0n) is 11.2. The molecule has 0 aromatic heterocycles. The van der Waals surface area contributed by atoms with Crippen LogP contribution in [-0.2, 0) is 0 Å². The van der Waals surface area contributed by atoms with Gasteiger partial charge in [-0.25, -0.2) is 4.39 Å². The molecule has 0 saturated carbocycles. The average molecular weight is 342 g/mol. The number of hydrogen-bond donors (Lipinski definition) is 1. The first-order valence-corrected chi connectivity index (χ1v) is 7.16. The number of halogens is 3. The Kier molecular flexibility index (Phi) is 4.09. The van der Waals surface area contributed by atoms with Crippen LogP contribution in [0.5, 0.6) is 11.5 Å². The minimum Gasteiger partial charge on any atom is -0.486 e. The molecule has 114 valence electrons. The van der Waals surface area contributed by atoms with Gasteiger partial charge in [-0.15, -0.1) is 0 Å². The molecule has 0 unspecified atom stereocenters. The van der Waals surface area contributed by atoms with Crippen molar-refractivity contribution in [3.63, 3.8) is 0 Å². The Morgan fingerprint density at radius 3 is 2.41 bits per heavy atom. The second kappa shape index (κ2) is 6.02. The third-order valence-corrected chi connectivity index (χ3v) is 3.68. The molecule has 0 atom stereocenters. The van der Waals surface area contributed by atoms with Gasteiger partial charge < -0.3 is 14.8 Å². The van der Waals surface area contributed by atoms with E-state index in [0.29, 0.717) is 35.4 Å². The van der Waals surface area contributed by atoms with Gasteiger partial charge in [-0.05, 0) is 18.2 Å². The predicted octanol–water partition coefficient (Wildman–Crippen LogP) is 4.16. The molecule has 0 radical (unpaired) electrons. The Hall–Kier alpha value is -1.98. The summed E-state index contributed by atoms with van der Waals surface area (Å²) in [5.41, 5.74) is 0.505. The lowest BCUT2D eigenvalue weighted by Crippen LogP contribution is -2.17. The number of carbonyl (C=O) groups excluding carboxylic acids is 1. The smallest absolute Gasteiger partial charge is 0.257 e. The fraction of sp³-hybridized carbons (Fsp3) is 0.133. The van der Waals surface area contributed by atoms with Gasteiger partial charge in [0.1, 0.15) is 19.0 Å². The fourth-order valence-electron chi connectivity index (χ4n) is 2.02. The molecule has 1 aliphatic rings. The summed E-state index contributed by atoms with van der Waals surface area (Å²) in [7, 11) is 0. The van der Waals surface area contributed by atoms with Crippen LogP contribution in [0.1, 0.15) is 10.4 Å². The van der Waals surface area contributed by atoms with Crippen LogP contribution in [0, 0.1) is 5.82 Å². The van der Waals surface area contributed by atoms with Gasteiger partial charge in [0.15, 0.2) is 11.5 Å². The maximum atomic E-state index is 13.0. The van der Waals surface area contributed by atoms with Gasteiger partial charge in [0.05, 0.1) is 21.3 Å². The van der Waals surface area contributed by atoms with E-state index in [-0.39, 0.29) is 10.6 Å². The van der Waals surface area contributed by atoms with Crippen LogP contribution < -0.4 is 14.8 Å². The highest BCUT2D eigenvalue weighted by Crippen LogP contribution is 2.38. The molecule has 0 aliphatic carbocycles. The summed E-state index contributed by atoms with van der Waals surface area (Å²) in [5.74, 6) is 0.00714. The van der Waals surface area contributed by atoms with E-state index >= 15 is 0 Å². The maximum absolute atomic E-state index is 13.0. The minimum atomic E-state index is -0.515. The third-order valence-electron chi connectivity index (χ3n) is 3.06. The Morgan fingerprint density at radius 2 is 1.73 bits per heavy atom. The van der Waals surface area contributed by atoms with Gasteiger partial charge in [0, 0.05) is 12.1 Å². The molecular weight excluding hydrogens is 332 g/mol. The number of amides is 1. The highest BCUT2D eigenvalue weighted by Gasteiger charge is 2.18. The fourth-order valence-corrected chi connectivity index (χ4v) is 2.48. The predicted molar refractivity (Wildman–Crippen MR) is 81.8 cm³/mol. The lowest BCUT2D eigenvalue weighted by atomic mass is 10.2. The molecule has 0 saturated heterocycles. The van der Waals surface area contributed by atoms with Crippen LogP contribution in [0.25, 0.3) is 0 Å². The highest BCUT2D eigenvalue weighted by molar-refractivity contribution is 6.36. The summed E-state index contributed by atoms with van der Waals surface area (Å²) in [5, 5.41) is 2.94. The Bertz CT molecular complexity index is 752. The van der Waals surface area contributed by atoms with Crippen molar-refractivity contribution in [2.24, 2.45) is 0 Å². The average Bonchev–Trinajstić information content (AvgIpc) is 2.47. The van der Waals surface area contributed by atoms with Crippen molar-refractivity contribution in [3.05, 3.63) is 51.8 Å². The molecule has 22 heavy (non-hydrogen) atoms. The monoisotopic (exact) mass is 341 g/mol. The first kappa shape index (κ1) is 14.9. The number of ether oxygens (including phenoxy) is 2. The van der Waals surface area contributed by atoms with Crippen LogP contribution in [-0.4, -0.2) is 19.1 Å². The van der Waals surface area contributed by atoms with E-state index in [0.717, 1.165) is 12.1 Å². The van der Waals surface area contributed by atoms with Crippen LogP contribution in [0.2, 0.25) is 10.0 Å². The van der Waals surface area contributed by atoms with Crippen molar-refractivity contribution < 1.29 is 18.7 Å². The van der Waals surface area contributed by atoms with Crippen LogP contribution in [0.4, 0.5) is 10.1 Å². The zero-order chi connectivity index (χ0) is 15.7. The quantitative estimate of drug-likeness (QED) is 0.892. The second-order valence-corrected chi connectivity index (χ2v) is 5.37. The van der Waals surface area contributed by atoms with E-state index in [1.54, 1.807) is 12.1 Å². The van der Waals surface area contributed by atoms with Gasteiger partial charge in [-0.3, -0.25) is 4.79 Å². The lowest BCUT2D eigenvalue weighted by Gasteiger charge is -2.20. The number of anilines is 1. The van der Waals surface area contributed by atoms with Gasteiger partial charge in [0.25, 0.3) is 5.91 Å². The van der Waals surface area contributed by atoms with E-state index in [1.165, 1.54) is 6.07 Å². The first-order valence-electron chi connectivity index (χ1n) is 6.40. The summed E-state index contributed by atoms with van der Waals surface area (Å²) in [6, 6.07) is 6.68. The Morgan fingerprint density at radius 1 is 1.05 bits per heavy atom. The van der Waals surface area contributed by atoms with Gasteiger partial charge in [0.2, 0.25) is 0 Å². The Balaban J connectivity index is 1.87. The topological polar surface area (TPSA) is 47.6 Å². The maximum Gasteiger partial charge on any atom is 0.257 e. The van der Waals surface area contributed by atoms with Crippen molar-refractivity contribution >= 4 is 34.8 Å². The number of hydrogen-bond acceptors (Lipinski definition) is 3. The molecule has 2 aromatic rings. The summed E-state index contributed by atoms with van der Waals surface area (Å²) >= 11 is 12.0.